The number of thiazole rings is 1. The van der Waals surface area contributed by atoms with Crippen molar-refractivity contribution in [3.05, 3.63) is 76.8 Å². The van der Waals surface area contributed by atoms with E-state index in [2.05, 4.69) is 15.6 Å². The van der Waals surface area contributed by atoms with Crippen LogP contribution >= 0.6 is 11.3 Å². The average molecular weight is 419 g/mol. The first-order chi connectivity index (χ1) is 13.8. The minimum atomic E-state index is -4.59. The van der Waals surface area contributed by atoms with Gasteiger partial charge in [0.15, 0.2) is 5.13 Å². The number of carbonyl (C=O) groups excluding carboxylic acids is 2. The van der Waals surface area contributed by atoms with E-state index in [1.165, 1.54) is 23.6 Å². The van der Waals surface area contributed by atoms with Gasteiger partial charge < -0.3 is 10.6 Å². The fourth-order valence-corrected chi connectivity index (χ4v) is 3.25. The molecule has 2 N–H and O–H groups in total. The van der Waals surface area contributed by atoms with Crippen LogP contribution in [0.4, 0.5) is 24.0 Å². The number of amides is 2. The Morgan fingerprint density at radius 1 is 0.966 bits per heavy atom. The van der Waals surface area contributed by atoms with Crippen molar-refractivity contribution in [2.24, 2.45) is 0 Å². The maximum Gasteiger partial charge on any atom is 0.418 e. The van der Waals surface area contributed by atoms with Gasteiger partial charge in [0.1, 0.15) is 5.69 Å². The third-order valence-corrected chi connectivity index (χ3v) is 4.71. The van der Waals surface area contributed by atoms with Gasteiger partial charge >= 0.3 is 6.18 Å². The van der Waals surface area contributed by atoms with Crippen LogP contribution in [0.1, 0.15) is 28.0 Å². The first-order valence-corrected chi connectivity index (χ1v) is 9.48. The zero-order chi connectivity index (χ0) is 20.9. The lowest BCUT2D eigenvalue weighted by atomic mass is 10.1. The number of anilines is 2. The van der Waals surface area contributed by atoms with Crippen LogP contribution in [0.25, 0.3) is 0 Å². The van der Waals surface area contributed by atoms with Gasteiger partial charge in [-0.25, -0.2) is 4.98 Å². The molecule has 9 heteroatoms. The second-order valence-electron chi connectivity index (χ2n) is 6.07. The molecule has 29 heavy (non-hydrogen) atoms. The predicted octanol–water partition coefficient (Wildman–Crippen LogP) is 4.99. The van der Waals surface area contributed by atoms with Gasteiger partial charge in [-0.2, -0.15) is 13.2 Å². The van der Waals surface area contributed by atoms with Crippen LogP contribution in [0, 0.1) is 0 Å². The number of halogens is 3. The van der Waals surface area contributed by atoms with Gasteiger partial charge in [-0.05, 0) is 24.1 Å². The number of para-hydroxylation sites is 1. The molecule has 0 atom stereocenters. The van der Waals surface area contributed by atoms with E-state index in [0.717, 1.165) is 23.0 Å². The first kappa shape index (κ1) is 20.5. The number of aromatic nitrogens is 1. The van der Waals surface area contributed by atoms with Gasteiger partial charge in [0.2, 0.25) is 5.91 Å². The normalized spacial score (nSPS) is 11.1. The highest BCUT2D eigenvalue weighted by atomic mass is 32.1. The fourth-order valence-electron chi connectivity index (χ4n) is 2.55. The van der Waals surface area contributed by atoms with Gasteiger partial charge in [0, 0.05) is 11.8 Å². The molecule has 150 valence electrons. The summed E-state index contributed by atoms with van der Waals surface area (Å²) in [6.07, 6.45) is -3.80. The molecule has 5 nitrogen and oxygen atoms in total. The molecule has 1 aromatic heterocycles. The van der Waals surface area contributed by atoms with Crippen molar-refractivity contribution in [3.8, 4) is 0 Å². The zero-order valence-corrected chi connectivity index (χ0v) is 15.8. The van der Waals surface area contributed by atoms with Crippen molar-refractivity contribution in [2.45, 2.75) is 19.0 Å². The molecule has 0 aliphatic heterocycles. The molecule has 0 spiro atoms. The first-order valence-electron chi connectivity index (χ1n) is 8.60. The summed E-state index contributed by atoms with van der Waals surface area (Å²) in [6.45, 7) is 0. The molecule has 0 saturated heterocycles. The molecular weight excluding hydrogens is 403 g/mol. The Labute approximate surface area is 168 Å². The van der Waals surface area contributed by atoms with Crippen LogP contribution in [0.3, 0.4) is 0 Å². The highest BCUT2D eigenvalue weighted by molar-refractivity contribution is 7.14. The molecule has 0 aliphatic rings. The number of nitrogens with zero attached hydrogens (tertiary/aromatic N) is 1. The highest BCUT2D eigenvalue weighted by Gasteiger charge is 2.33. The van der Waals surface area contributed by atoms with E-state index in [-0.39, 0.29) is 28.8 Å². The average Bonchev–Trinajstić information content (AvgIpc) is 3.15. The molecule has 0 bridgehead atoms. The minimum absolute atomic E-state index is 0.0784. The Morgan fingerprint density at radius 3 is 2.38 bits per heavy atom. The Bertz CT molecular complexity index is 1000. The number of hydrogen-bond acceptors (Lipinski definition) is 4. The third-order valence-electron chi connectivity index (χ3n) is 3.95. The van der Waals surface area contributed by atoms with Crippen LogP contribution in [0.15, 0.2) is 60.0 Å². The van der Waals surface area contributed by atoms with Gasteiger partial charge in [-0.3, -0.25) is 9.59 Å². The number of aryl methyl sites for hydroxylation is 1. The van der Waals surface area contributed by atoms with Gasteiger partial charge in [0.25, 0.3) is 5.91 Å². The van der Waals surface area contributed by atoms with E-state index in [1.54, 1.807) is 0 Å². The lowest BCUT2D eigenvalue weighted by Crippen LogP contribution is -2.17. The van der Waals surface area contributed by atoms with Crippen LogP contribution in [0.2, 0.25) is 0 Å². The number of carbonyl (C=O) groups is 2. The molecule has 2 aromatic carbocycles. The van der Waals surface area contributed by atoms with Crippen molar-refractivity contribution in [1.82, 2.24) is 4.98 Å². The van der Waals surface area contributed by atoms with E-state index in [9.17, 15) is 22.8 Å². The number of benzene rings is 2. The summed E-state index contributed by atoms with van der Waals surface area (Å²) in [5.74, 6) is -1.06. The van der Waals surface area contributed by atoms with Gasteiger partial charge in [0.05, 0.1) is 11.3 Å². The molecule has 0 fully saturated rings. The van der Waals surface area contributed by atoms with E-state index < -0.39 is 17.6 Å². The van der Waals surface area contributed by atoms with Crippen molar-refractivity contribution >= 4 is 34.0 Å². The highest BCUT2D eigenvalue weighted by Crippen LogP contribution is 2.34. The molecule has 3 aromatic rings. The predicted molar refractivity (Wildman–Crippen MR) is 105 cm³/mol. The largest absolute Gasteiger partial charge is 0.418 e. The van der Waals surface area contributed by atoms with Crippen LogP contribution in [-0.4, -0.2) is 16.8 Å². The molecular formula is C20H16F3N3O2S. The molecule has 0 aliphatic carbocycles. The van der Waals surface area contributed by atoms with Crippen LogP contribution < -0.4 is 10.6 Å². The van der Waals surface area contributed by atoms with Gasteiger partial charge in [-0.1, -0.05) is 42.5 Å². The Morgan fingerprint density at radius 2 is 1.66 bits per heavy atom. The van der Waals surface area contributed by atoms with Crippen LogP contribution in [-0.2, 0) is 17.4 Å². The molecule has 0 unspecified atom stereocenters. The van der Waals surface area contributed by atoms with E-state index in [4.69, 9.17) is 0 Å². The SMILES string of the molecule is O=C(CCc1ccccc1)Nc1nc(C(=O)Nc2ccccc2C(F)(F)F)cs1. The third kappa shape index (κ3) is 5.64. The second-order valence-corrected chi connectivity index (χ2v) is 6.93. The number of alkyl halides is 3. The van der Waals surface area contributed by atoms with E-state index >= 15 is 0 Å². The lowest BCUT2D eigenvalue weighted by Gasteiger charge is -2.12. The van der Waals surface area contributed by atoms with Gasteiger partial charge in [-0.15, -0.1) is 11.3 Å². The van der Waals surface area contributed by atoms with Crippen LogP contribution in [0.5, 0.6) is 0 Å². The van der Waals surface area contributed by atoms with Crippen molar-refractivity contribution in [1.29, 1.82) is 0 Å². The fraction of sp³-hybridized carbons (Fsp3) is 0.150. The number of nitrogens with one attached hydrogen (secondary N) is 2. The zero-order valence-electron chi connectivity index (χ0n) is 15.0. The van der Waals surface area contributed by atoms with Crippen molar-refractivity contribution < 1.29 is 22.8 Å². The summed E-state index contributed by atoms with van der Waals surface area (Å²) in [5, 5.41) is 6.39. The molecule has 0 radical (unpaired) electrons. The quantitative estimate of drug-likeness (QED) is 0.592. The molecule has 3 rings (SSSR count). The Hall–Kier alpha value is -3.20. The Kier molecular flexibility index (Phi) is 6.28. The summed E-state index contributed by atoms with van der Waals surface area (Å²) in [4.78, 5) is 28.3. The van der Waals surface area contributed by atoms with E-state index in [0.29, 0.717) is 6.42 Å². The standard InChI is InChI=1S/C20H16F3N3O2S/c21-20(22,23)14-8-4-5-9-15(14)24-18(28)16-12-29-19(25-16)26-17(27)11-10-13-6-2-1-3-7-13/h1-9,12H,10-11H2,(H,24,28)(H,25,26,27). The summed E-state index contributed by atoms with van der Waals surface area (Å²) in [7, 11) is 0. The summed E-state index contributed by atoms with van der Waals surface area (Å²) >= 11 is 1.02. The number of hydrogen-bond donors (Lipinski definition) is 2. The summed E-state index contributed by atoms with van der Waals surface area (Å²) in [6, 6.07) is 14.2. The van der Waals surface area contributed by atoms with E-state index in [1.807, 2.05) is 30.3 Å². The number of rotatable bonds is 6. The summed E-state index contributed by atoms with van der Waals surface area (Å²) in [5.41, 5.74) is -0.361. The Balaban J connectivity index is 1.60. The molecule has 1 heterocycles. The topological polar surface area (TPSA) is 71.1 Å². The summed E-state index contributed by atoms with van der Waals surface area (Å²) < 4.78 is 39.1. The maximum absolute atomic E-state index is 13.0. The molecule has 0 saturated carbocycles. The smallest absolute Gasteiger partial charge is 0.320 e. The van der Waals surface area contributed by atoms with Crippen molar-refractivity contribution in [2.75, 3.05) is 10.6 Å². The lowest BCUT2D eigenvalue weighted by molar-refractivity contribution is -0.136. The van der Waals surface area contributed by atoms with Crippen molar-refractivity contribution in [3.63, 3.8) is 0 Å². The monoisotopic (exact) mass is 419 g/mol. The second kappa shape index (κ2) is 8.87. The minimum Gasteiger partial charge on any atom is -0.320 e. The maximum atomic E-state index is 13.0. The molecule has 2 amide bonds.